The minimum Gasteiger partial charge on any atom is -0.300 e. The molecule has 0 radical (unpaired) electrons. The van der Waals surface area contributed by atoms with Crippen molar-refractivity contribution in [2.24, 2.45) is 0 Å². The third-order valence-corrected chi connectivity index (χ3v) is 2.09. The molecule has 0 saturated heterocycles. The highest BCUT2D eigenvalue weighted by atomic mass is 16.1. The van der Waals surface area contributed by atoms with Crippen LogP contribution in [0.1, 0.15) is 31.7 Å². The maximum atomic E-state index is 10.7. The fraction of sp³-hybridized carbons (Fsp3) is 0.417. The molecule has 70 valence electrons. The summed E-state index contributed by atoms with van der Waals surface area (Å²) in [5, 5.41) is 0. The van der Waals surface area contributed by atoms with E-state index in [0.29, 0.717) is 5.78 Å². The van der Waals surface area contributed by atoms with Crippen molar-refractivity contribution in [2.75, 3.05) is 0 Å². The molecule has 0 unspecified atom stereocenters. The van der Waals surface area contributed by atoms with Crippen LogP contribution in [0.3, 0.4) is 0 Å². The molecule has 0 atom stereocenters. The Hall–Kier alpha value is -1.11. The Labute approximate surface area is 79.8 Å². The molecule has 0 aliphatic heterocycles. The van der Waals surface area contributed by atoms with Gasteiger partial charge in [-0.05, 0) is 31.7 Å². The maximum absolute atomic E-state index is 10.7. The second-order valence-corrected chi connectivity index (χ2v) is 3.39. The highest BCUT2D eigenvalue weighted by Crippen LogP contribution is 2.05. The zero-order valence-corrected chi connectivity index (χ0v) is 8.12. The van der Waals surface area contributed by atoms with Gasteiger partial charge in [0.25, 0.3) is 0 Å². The molecule has 0 spiro atoms. The van der Waals surface area contributed by atoms with Crippen molar-refractivity contribution in [3.63, 3.8) is 0 Å². The Balaban J connectivity index is 2.17. The number of benzene rings is 1. The van der Waals surface area contributed by atoms with Crippen LogP contribution in [0, 0.1) is 0 Å². The lowest BCUT2D eigenvalue weighted by Crippen LogP contribution is -1.91. The summed E-state index contributed by atoms with van der Waals surface area (Å²) in [6.45, 7) is 1.66. The van der Waals surface area contributed by atoms with Crippen LogP contribution in [0.25, 0.3) is 0 Å². The summed E-state index contributed by atoms with van der Waals surface area (Å²) in [4.78, 5) is 10.7. The summed E-state index contributed by atoms with van der Waals surface area (Å²) in [6.07, 6.45) is 3.95. The molecule has 1 aromatic carbocycles. The molecule has 0 fully saturated rings. The largest absolute Gasteiger partial charge is 0.300 e. The number of hydrogen-bond donors (Lipinski definition) is 0. The van der Waals surface area contributed by atoms with E-state index in [0.717, 1.165) is 25.7 Å². The van der Waals surface area contributed by atoms with Crippen LogP contribution in [0.2, 0.25) is 0 Å². The fourth-order valence-electron chi connectivity index (χ4n) is 1.35. The summed E-state index contributed by atoms with van der Waals surface area (Å²) in [6, 6.07) is 10.4. The molecule has 0 saturated carbocycles. The average Bonchev–Trinajstić information content (AvgIpc) is 2.14. The van der Waals surface area contributed by atoms with Crippen LogP contribution in [0.4, 0.5) is 0 Å². The number of hydrogen-bond acceptors (Lipinski definition) is 1. The number of ketones is 1. The molecule has 1 heteroatoms. The van der Waals surface area contributed by atoms with E-state index in [4.69, 9.17) is 0 Å². The van der Waals surface area contributed by atoms with E-state index >= 15 is 0 Å². The molecule has 0 bridgehead atoms. The number of carbonyl (C=O) groups excluding carboxylic acids is 1. The molecule has 1 rings (SSSR count). The Kier molecular flexibility index (Phi) is 4.24. The van der Waals surface area contributed by atoms with Crippen molar-refractivity contribution >= 4 is 5.78 Å². The number of unbranched alkanes of at least 4 members (excludes halogenated alkanes) is 1. The number of Topliss-reactive ketones (excluding diaryl/α,β-unsaturated/α-hetero) is 1. The summed E-state index contributed by atoms with van der Waals surface area (Å²) in [5.41, 5.74) is 1.37. The molecule has 1 aromatic rings. The zero-order chi connectivity index (χ0) is 9.52. The lowest BCUT2D eigenvalue weighted by atomic mass is 10.1. The van der Waals surface area contributed by atoms with E-state index in [1.165, 1.54) is 5.56 Å². The maximum Gasteiger partial charge on any atom is 0.129 e. The highest BCUT2D eigenvalue weighted by molar-refractivity contribution is 5.75. The van der Waals surface area contributed by atoms with Gasteiger partial charge in [-0.3, -0.25) is 0 Å². The number of carbonyl (C=O) groups is 1. The van der Waals surface area contributed by atoms with Gasteiger partial charge >= 0.3 is 0 Å². The highest BCUT2D eigenvalue weighted by Gasteiger charge is 1.94. The summed E-state index contributed by atoms with van der Waals surface area (Å²) < 4.78 is 0. The van der Waals surface area contributed by atoms with E-state index < -0.39 is 0 Å². The first-order chi connectivity index (χ1) is 6.29. The quantitative estimate of drug-likeness (QED) is 0.630. The Morgan fingerprint density at radius 2 is 1.85 bits per heavy atom. The van der Waals surface area contributed by atoms with Crippen molar-refractivity contribution in [1.82, 2.24) is 0 Å². The Morgan fingerprint density at radius 1 is 1.15 bits per heavy atom. The van der Waals surface area contributed by atoms with Gasteiger partial charge in [-0.2, -0.15) is 0 Å². The minimum absolute atomic E-state index is 0.299. The third-order valence-electron chi connectivity index (χ3n) is 2.09. The summed E-state index contributed by atoms with van der Waals surface area (Å²) in [5.74, 6) is 0.299. The first kappa shape index (κ1) is 9.97. The molecule has 0 aliphatic carbocycles. The predicted octanol–water partition coefficient (Wildman–Crippen LogP) is 2.99. The van der Waals surface area contributed by atoms with Gasteiger partial charge in [0.05, 0.1) is 0 Å². The van der Waals surface area contributed by atoms with Crippen molar-refractivity contribution in [1.29, 1.82) is 0 Å². The van der Waals surface area contributed by atoms with Gasteiger partial charge < -0.3 is 4.79 Å². The van der Waals surface area contributed by atoms with Gasteiger partial charge in [0.15, 0.2) is 0 Å². The second-order valence-electron chi connectivity index (χ2n) is 3.39. The molecular formula is C12H16O. The van der Waals surface area contributed by atoms with E-state index in [9.17, 15) is 4.79 Å². The number of aryl methyl sites for hydroxylation is 1. The van der Waals surface area contributed by atoms with Gasteiger partial charge in [-0.1, -0.05) is 30.3 Å². The monoisotopic (exact) mass is 176 g/mol. The van der Waals surface area contributed by atoms with Crippen molar-refractivity contribution in [3.05, 3.63) is 35.9 Å². The zero-order valence-electron chi connectivity index (χ0n) is 8.12. The molecular weight excluding hydrogens is 160 g/mol. The van der Waals surface area contributed by atoms with E-state index in [2.05, 4.69) is 24.3 Å². The molecule has 0 aliphatic rings. The van der Waals surface area contributed by atoms with Gasteiger partial charge in [0.1, 0.15) is 5.78 Å². The normalized spacial score (nSPS) is 9.92. The smallest absolute Gasteiger partial charge is 0.129 e. The van der Waals surface area contributed by atoms with Crippen LogP contribution in [-0.4, -0.2) is 5.78 Å². The van der Waals surface area contributed by atoms with E-state index in [1.54, 1.807) is 6.92 Å². The molecule has 0 N–H and O–H groups in total. The Bertz CT molecular complexity index is 251. The van der Waals surface area contributed by atoms with Gasteiger partial charge in [0.2, 0.25) is 0 Å². The third kappa shape index (κ3) is 4.46. The first-order valence-corrected chi connectivity index (χ1v) is 4.82. The van der Waals surface area contributed by atoms with Crippen LogP contribution in [-0.2, 0) is 11.2 Å². The van der Waals surface area contributed by atoms with Crippen molar-refractivity contribution in [3.8, 4) is 0 Å². The molecule has 0 heterocycles. The molecule has 0 aromatic heterocycles. The number of rotatable bonds is 5. The topological polar surface area (TPSA) is 17.1 Å². The van der Waals surface area contributed by atoms with E-state index in [1.807, 2.05) is 6.07 Å². The van der Waals surface area contributed by atoms with Crippen LogP contribution >= 0.6 is 0 Å². The van der Waals surface area contributed by atoms with Crippen LogP contribution in [0.5, 0.6) is 0 Å². The summed E-state index contributed by atoms with van der Waals surface area (Å²) >= 11 is 0. The van der Waals surface area contributed by atoms with Gasteiger partial charge in [0, 0.05) is 6.42 Å². The van der Waals surface area contributed by atoms with Crippen LogP contribution < -0.4 is 0 Å². The molecule has 1 nitrogen and oxygen atoms in total. The van der Waals surface area contributed by atoms with Crippen LogP contribution in [0.15, 0.2) is 30.3 Å². The first-order valence-electron chi connectivity index (χ1n) is 4.82. The van der Waals surface area contributed by atoms with Gasteiger partial charge in [-0.25, -0.2) is 0 Å². The standard InChI is InChI=1S/C12H16O/c1-11(13)7-5-6-10-12-8-3-2-4-9-12/h2-4,8-9H,5-7,10H2,1H3. The molecule has 0 amide bonds. The predicted molar refractivity (Wildman–Crippen MR) is 54.7 cm³/mol. The average molecular weight is 176 g/mol. The second kappa shape index (κ2) is 5.52. The fourth-order valence-corrected chi connectivity index (χ4v) is 1.35. The van der Waals surface area contributed by atoms with Crippen molar-refractivity contribution in [2.45, 2.75) is 32.6 Å². The van der Waals surface area contributed by atoms with Crippen molar-refractivity contribution < 1.29 is 4.79 Å². The molecule has 13 heavy (non-hydrogen) atoms. The lowest BCUT2D eigenvalue weighted by molar-refractivity contribution is -0.117. The minimum atomic E-state index is 0.299. The summed E-state index contributed by atoms with van der Waals surface area (Å²) in [7, 11) is 0. The van der Waals surface area contributed by atoms with E-state index in [-0.39, 0.29) is 0 Å². The SMILES string of the molecule is CC(=O)CCCCc1ccccc1. The lowest BCUT2D eigenvalue weighted by Gasteiger charge is -1.99. The Morgan fingerprint density at radius 3 is 2.46 bits per heavy atom. The van der Waals surface area contributed by atoms with Gasteiger partial charge in [-0.15, -0.1) is 0 Å².